The highest BCUT2D eigenvalue weighted by atomic mass is 16.7. The quantitative estimate of drug-likeness (QED) is 0.195. The Kier molecular flexibility index (Phi) is 6.22. The second-order valence-corrected chi connectivity index (χ2v) is 7.28. The molecule has 1 aliphatic rings. The third-order valence-corrected chi connectivity index (χ3v) is 5.44. The van der Waals surface area contributed by atoms with Gasteiger partial charge in [-0.05, 0) is 23.3 Å². The standard InChI is InChI=1S/C25H21N3O4/c1-31-25(30)21(27-26)23(29)20-22(17-11-5-2-6-12-17)28(19-15-9-4-10-16-19)32-24(20)18-13-7-3-8-14-18/h2-16,20,22,24H,1H3/t20-,22+,24-/m1/s1. The first-order valence-corrected chi connectivity index (χ1v) is 10.1. The number of methoxy groups -OCH3 is 1. The summed E-state index contributed by atoms with van der Waals surface area (Å²) in [7, 11) is 1.13. The summed E-state index contributed by atoms with van der Waals surface area (Å²) in [6, 6.07) is 27.5. The first-order chi connectivity index (χ1) is 15.7. The van der Waals surface area contributed by atoms with Gasteiger partial charge in [0, 0.05) is 0 Å². The highest BCUT2D eigenvalue weighted by Crippen LogP contribution is 2.49. The number of hydroxylamine groups is 1. The lowest BCUT2D eigenvalue weighted by Crippen LogP contribution is -2.37. The molecule has 0 bridgehead atoms. The highest BCUT2D eigenvalue weighted by molar-refractivity contribution is 6.62. The van der Waals surface area contributed by atoms with Crippen LogP contribution in [0.15, 0.2) is 91.0 Å². The Morgan fingerprint density at radius 1 is 0.875 bits per heavy atom. The first-order valence-electron chi connectivity index (χ1n) is 10.1. The minimum Gasteiger partial charge on any atom is -0.460 e. The molecule has 3 aromatic rings. The van der Waals surface area contributed by atoms with Gasteiger partial charge < -0.3 is 10.3 Å². The van der Waals surface area contributed by atoms with E-state index in [1.807, 2.05) is 91.0 Å². The van der Waals surface area contributed by atoms with Crippen molar-refractivity contribution in [2.24, 2.45) is 5.92 Å². The minimum atomic E-state index is -1.01. The molecule has 0 spiro atoms. The highest BCUT2D eigenvalue weighted by Gasteiger charge is 2.53. The van der Waals surface area contributed by atoms with Gasteiger partial charge in [0.2, 0.25) is 0 Å². The maximum absolute atomic E-state index is 13.6. The van der Waals surface area contributed by atoms with Crippen LogP contribution >= 0.6 is 0 Å². The van der Waals surface area contributed by atoms with E-state index in [1.54, 1.807) is 5.06 Å². The largest absolute Gasteiger partial charge is 0.460 e. The van der Waals surface area contributed by atoms with Gasteiger partial charge in [-0.15, -0.1) is 0 Å². The van der Waals surface area contributed by atoms with Gasteiger partial charge in [0.05, 0.1) is 24.8 Å². The number of Topliss-reactive ketones (excluding diaryl/α,β-unsaturated/α-hetero) is 1. The Morgan fingerprint density at radius 2 is 1.41 bits per heavy atom. The van der Waals surface area contributed by atoms with Crippen LogP contribution in [0, 0.1) is 5.92 Å². The van der Waals surface area contributed by atoms with Crippen molar-refractivity contribution in [2.45, 2.75) is 12.1 Å². The molecule has 32 heavy (non-hydrogen) atoms. The summed E-state index contributed by atoms with van der Waals surface area (Å²) in [4.78, 5) is 35.2. The number of hydrogen-bond acceptors (Lipinski definition) is 5. The van der Waals surface area contributed by atoms with Gasteiger partial charge in [-0.1, -0.05) is 78.9 Å². The zero-order valence-corrected chi connectivity index (χ0v) is 17.4. The lowest BCUT2D eigenvalue weighted by molar-refractivity contribution is -0.140. The fourth-order valence-corrected chi connectivity index (χ4v) is 3.99. The third-order valence-electron chi connectivity index (χ3n) is 5.44. The predicted molar refractivity (Wildman–Crippen MR) is 118 cm³/mol. The normalized spacial score (nSPS) is 19.8. The van der Waals surface area contributed by atoms with Crippen LogP contribution in [-0.4, -0.2) is 29.4 Å². The molecular formula is C25H21N3O4. The molecule has 0 unspecified atom stereocenters. The molecule has 1 fully saturated rings. The Hall–Kier alpha value is -4.06. The lowest BCUT2D eigenvalue weighted by atomic mass is 9.82. The van der Waals surface area contributed by atoms with Crippen LogP contribution < -0.4 is 5.06 Å². The Morgan fingerprint density at radius 3 is 1.94 bits per heavy atom. The van der Waals surface area contributed by atoms with E-state index >= 15 is 0 Å². The third kappa shape index (κ3) is 3.95. The van der Waals surface area contributed by atoms with Gasteiger partial charge in [0.25, 0.3) is 5.78 Å². The van der Waals surface area contributed by atoms with Gasteiger partial charge in [-0.25, -0.2) is 9.86 Å². The van der Waals surface area contributed by atoms with Crippen LogP contribution in [0.3, 0.4) is 0 Å². The van der Waals surface area contributed by atoms with Crippen molar-refractivity contribution in [3.8, 4) is 0 Å². The molecule has 0 aliphatic carbocycles. The number of para-hydroxylation sites is 1. The van der Waals surface area contributed by atoms with Crippen molar-refractivity contribution in [1.82, 2.24) is 0 Å². The molecule has 7 heteroatoms. The summed E-state index contributed by atoms with van der Waals surface area (Å²) in [6.07, 6.45) is -0.726. The molecule has 0 saturated carbocycles. The van der Waals surface area contributed by atoms with Crippen LogP contribution in [0.1, 0.15) is 23.3 Å². The average molecular weight is 427 g/mol. The molecule has 1 heterocycles. The summed E-state index contributed by atoms with van der Waals surface area (Å²) < 4.78 is 4.67. The number of benzene rings is 3. The van der Waals surface area contributed by atoms with Gasteiger partial charge in [-0.2, -0.15) is 4.79 Å². The average Bonchev–Trinajstić information content (AvgIpc) is 3.26. The van der Waals surface area contributed by atoms with Gasteiger partial charge in [-0.3, -0.25) is 9.63 Å². The van der Waals surface area contributed by atoms with Crippen LogP contribution in [0.2, 0.25) is 0 Å². The lowest BCUT2D eigenvalue weighted by Gasteiger charge is -2.26. The van der Waals surface area contributed by atoms with Gasteiger partial charge in [0.1, 0.15) is 6.10 Å². The molecule has 4 rings (SSSR count). The number of hydrogen-bond donors (Lipinski definition) is 0. The van der Waals surface area contributed by atoms with E-state index in [2.05, 4.69) is 9.53 Å². The second kappa shape index (κ2) is 9.39. The van der Waals surface area contributed by atoms with E-state index in [4.69, 9.17) is 4.84 Å². The summed E-state index contributed by atoms with van der Waals surface area (Å²) in [6.45, 7) is 0. The fraction of sp³-hybridized carbons (Fsp3) is 0.160. The van der Waals surface area contributed by atoms with Crippen LogP contribution in [0.5, 0.6) is 0 Å². The molecule has 160 valence electrons. The summed E-state index contributed by atoms with van der Waals surface area (Å²) in [5.74, 6) is -2.56. The van der Waals surface area contributed by atoms with E-state index in [0.29, 0.717) is 0 Å². The molecule has 0 amide bonds. The molecule has 3 atom stereocenters. The Labute approximate surface area is 185 Å². The molecule has 0 aromatic heterocycles. The fourth-order valence-electron chi connectivity index (χ4n) is 3.99. The molecule has 0 radical (unpaired) electrons. The van der Waals surface area contributed by atoms with Crippen LogP contribution in [0.4, 0.5) is 5.69 Å². The molecule has 3 aromatic carbocycles. The molecule has 7 nitrogen and oxygen atoms in total. The summed E-state index contributed by atoms with van der Waals surface area (Å²) in [5, 5.41) is 1.68. The number of ether oxygens (including phenoxy) is 1. The van der Waals surface area contributed by atoms with Crippen LogP contribution in [0.25, 0.3) is 5.53 Å². The Bertz CT molecular complexity index is 1150. The van der Waals surface area contributed by atoms with Gasteiger partial charge >= 0.3 is 11.7 Å². The van der Waals surface area contributed by atoms with E-state index in [-0.39, 0.29) is 0 Å². The maximum atomic E-state index is 13.6. The Balaban J connectivity index is 1.90. The number of esters is 1. The summed E-state index contributed by atoms with van der Waals surface area (Å²) in [5.41, 5.74) is 11.1. The molecule has 1 aliphatic heterocycles. The number of carbonyl (C=O) groups excluding carboxylic acids is 2. The number of ketones is 1. The summed E-state index contributed by atoms with van der Waals surface area (Å²) >= 11 is 0. The van der Waals surface area contributed by atoms with E-state index < -0.39 is 35.5 Å². The maximum Gasteiger partial charge on any atom is 0.441 e. The van der Waals surface area contributed by atoms with E-state index in [0.717, 1.165) is 23.9 Å². The van der Waals surface area contributed by atoms with Crippen molar-refractivity contribution >= 4 is 23.2 Å². The first kappa shape index (κ1) is 21.2. The number of anilines is 1. The second-order valence-electron chi connectivity index (χ2n) is 7.28. The van der Waals surface area contributed by atoms with E-state index in [9.17, 15) is 15.1 Å². The SMILES string of the molecule is COC(=O)C(=[N+]=[N-])C(=O)[C@@H]1[C@@H](c2ccccc2)ON(c2ccccc2)[C@H]1c1ccccc1. The topological polar surface area (TPSA) is 92.2 Å². The number of nitrogens with zero attached hydrogens (tertiary/aromatic N) is 3. The smallest absolute Gasteiger partial charge is 0.441 e. The molecular weight excluding hydrogens is 406 g/mol. The monoisotopic (exact) mass is 427 g/mol. The van der Waals surface area contributed by atoms with Crippen molar-refractivity contribution in [3.05, 3.63) is 108 Å². The predicted octanol–water partition coefficient (Wildman–Crippen LogP) is 3.95. The molecule has 1 saturated heterocycles. The number of carbonyl (C=O) groups is 2. The number of rotatable bonds is 6. The van der Waals surface area contributed by atoms with Crippen LogP contribution in [-0.2, 0) is 19.2 Å². The zero-order valence-electron chi connectivity index (χ0n) is 17.4. The van der Waals surface area contributed by atoms with Crippen molar-refractivity contribution in [1.29, 1.82) is 0 Å². The van der Waals surface area contributed by atoms with Gasteiger partial charge in [0.15, 0.2) is 0 Å². The van der Waals surface area contributed by atoms with Crippen molar-refractivity contribution in [2.75, 3.05) is 12.2 Å². The zero-order chi connectivity index (χ0) is 22.5. The van der Waals surface area contributed by atoms with Crippen molar-refractivity contribution < 1.29 is 24.0 Å². The van der Waals surface area contributed by atoms with E-state index in [1.165, 1.54) is 0 Å². The molecule has 0 N–H and O–H groups in total. The minimum absolute atomic E-state index is 0.585. The van der Waals surface area contributed by atoms with Crippen molar-refractivity contribution in [3.63, 3.8) is 0 Å².